The summed E-state index contributed by atoms with van der Waals surface area (Å²) < 4.78 is 19.5. The Morgan fingerprint density at radius 3 is 2.69 bits per heavy atom. The van der Waals surface area contributed by atoms with E-state index in [-0.39, 0.29) is 11.7 Å². The monoisotopic (exact) mass is 357 g/mol. The molecule has 1 saturated heterocycles. The Hall–Kier alpha value is -2.28. The van der Waals surface area contributed by atoms with Gasteiger partial charge in [0.2, 0.25) is 5.82 Å². The molecule has 0 bridgehead atoms. The molecule has 138 valence electrons. The van der Waals surface area contributed by atoms with Gasteiger partial charge in [0, 0.05) is 31.4 Å². The van der Waals surface area contributed by atoms with Crippen molar-refractivity contribution in [3.8, 4) is 11.4 Å². The molecule has 0 amide bonds. The molecule has 0 aromatic carbocycles. The smallest absolute Gasteiger partial charge is 0.286 e. The van der Waals surface area contributed by atoms with Crippen LogP contribution < -0.4 is 4.90 Å². The molecule has 0 N–H and O–H groups in total. The number of hydrogen-bond acceptors (Lipinski definition) is 6. The topological polar surface area (TPSA) is 58.3 Å². The Morgan fingerprint density at radius 2 is 1.92 bits per heavy atom. The van der Waals surface area contributed by atoms with Gasteiger partial charge in [0.05, 0.1) is 0 Å². The quantitative estimate of drug-likeness (QED) is 0.838. The molecule has 2 aromatic rings. The fourth-order valence-corrected chi connectivity index (χ4v) is 3.58. The van der Waals surface area contributed by atoms with Gasteiger partial charge in [0.25, 0.3) is 5.89 Å². The highest BCUT2D eigenvalue weighted by Crippen LogP contribution is 2.32. The third-order valence-corrected chi connectivity index (χ3v) is 5.18. The van der Waals surface area contributed by atoms with E-state index in [1.54, 1.807) is 6.20 Å². The molecule has 2 fully saturated rings. The minimum absolute atomic E-state index is 0.0171. The van der Waals surface area contributed by atoms with Crippen LogP contribution >= 0.6 is 0 Å². The van der Waals surface area contributed by atoms with Crippen molar-refractivity contribution >= 4 is 11.6 Å². The van der Waals surface area contributed by atoms with Crippen molar-refractivity contribution in [2.24, 2.45) is 0 Å². The van der Waals surface area contributed by atoms with Crippen LogP contribution in [-0.2, 0) is 0 Å². The summed E-state index contributed by atoms with van der Waals surface area (Å²) in [5, 5.41) is 3.93. The number of anilines is 1. The maximum absolute atomic E-state index is 14.4. The summed E-state index contributed by atoms with van der Waals surface area (Å²) >= 11 is 0. The van der Waals surface area contributed by atoms with Crippen LogP contribution in [0.25, 0.3) is 17.2 Å². The number of nitrogens with zero attached hydrogens (tertiary/aromatic N) is 5. The third-order valence-electron chi connectivity index (χ3n) is 5.18. The molecular weight excluding hydrogens is 333 g/mol. The van der Waals surface area contributed by atoms with Gasteiger partial charge in [-0.2, -0.15) is 4.98 Å². The molecule has 0 atom stereocenters. The van der Waals surface area contributed by atoms with E-state index in [1.807, 2.05) is 12.1 Å². The van der Waals surface area contributed by atoms with E-state index in [0.717, 1.165) is 75.2 Å². The highest BCUT2D eigenvalue weighted by Gasteiger charge is 2.20. The van der Waals surface area contributed by atoms with Crippen LogP contribution in [0, 0.1) is 0 Å². The maximum atomic E-state index is 14.4. The Balaban J connectivity index is 1.50. The van der Waals surface area contributed by atoms with Gasteiger partial charge < -0.3 is 14.3 Å². The molecule has 6 nitrogen and oxygen atoms in total. The maximum Gasteiger partial charge on any atom is 0.286 e. The molecule has 1 saturated carbocycles. The van der Waals surface area contributed by atoms with Gasteiger partial charge in [-0.15, -0.1) is 0 Å². The molecule has 0 radical (unpaired) electrons. The fourth-order valence-electron chi connectivity index (χ4n) is 3.58. The van der Waals surface area contributed by atoms with Crippen LogP contribution in [0.4, 0.5) is 10.2 Å². The number of halogens is 1. The summed E-state index contributed by atoms with van der Waals surface area (Å²) in [6, 6.07) is 3.90. The molecule has 3 heterocycles. The first kappa shape index (κ1) is 17.1. The lowest BCUT2D eigenvalue weighted by Crippen LogP contribution is -2.29. The first-order valence-electron chi connectivity index (χ1n) is 9.32. The number of allylic oxidation sites excluding steroid dienone is 1. The van der Waals surface area contributed by atoms with E-state index in [9.17, 15) is 4.39 Å². The average molecular weight is 357 g/mol. The zero-order chi connectivity index (χ0) is 17.9. The summed E-state index contributed by atoms with van der Waals surface area (Å²) in [5.74, 6) is 0.964. The summed E-state index contributed by atoms with van der Waals surface area (Å²) in [6.45, 7) is 4.11. The van der Waals surface area contributed by atoms with E-state index in [4.69, 9.17) is 4.52 Å². The van der Waals surface area contributed by atoms with Gasteiger partial charge in [-0.1, -0.05) is 5.16 Å². The number of aromatic nitrogens is 3. The van der Waals surface area contributed by atoms with Crippen molar-refractivity contribution in [2.45, 2.75) is 32.1 Å². The fraction of sp³-hybridized carbons (Fsp3) is 0.526. The van der Waals surface area contributed by atoms with Gasteiger partial charge in [0.15, 0.2) is 5.83 Å². The lowest BCUT2D eigenvalue weighted by molar-refractivity contribution is 0.360. The van der Waals surface area contributed by atoms with Crippen molar-refractivity contribution in [1.82, 2.24) is 20.0 Å². The average Bonchev–Trinajstić information content (AvgIpc) is 3.32. The van der Waals surface area contributed by atoms with Gasteiger partial charge in [-0.25, -0.2) is 9.37 Å². The summed E-state index contributed by atoms with van der Waals surface area (Å²) in [7, 11) is 2.15. The Labute approximate surface area is 152 Å². The van der Waals surface area contributed by atoms with Crippen LogP contribution in [0.2, 0.25) is 0 Å². The number of hydrogen-bond donors (Lipinski definition) is 0. The minimum Gasteiger partial charge on any atom is -0.355 e. The van der Waals surface area contributed by atoms with Gasteiger partial charge >= 0.3 is 0 Å². The second kappa shape index (κ2) is 7.53. The molecule has 7 heteroatoms. The molecule has 0 unspecified atom stereocenters. The number of likely N-dealkylation sites (N-methyl/N-ethyl adjacent to an activating group) is 1. The van der Waals surface area contributed by atoms with Gasteiger partial charge in [-0.05, 0) is 63.4 Å². The van der Waals surface area contributed by atoms with Gasteiger partial charge in [-0.3, -0.25) is 0 Å². The van der Waals surface area contributed by atoms with Crippen molar-refractivity contribution in [3.63, 3.8) is 0 Å². The van der Waals surface area contributed by atoms with Crippen LogP contribution in [0.5, 0.6) is 0 Å². The SMILES string of the molecule is CN1CCCN(c2ccc(-c3noc(C(F)=C4CCCC4)n3)cn2)CC1. The molecule has 4 rings (SSSR count). The zero-order valence-electron chi connectivity index (χ0n) is 15.1. The van der Waals surface area contributed by atoms with Crippen molar-refractivity contribution in [3.05, 3.63) is 29.8 Å². The summed E-state index contributed by atoms with van der Waals surface area (Å²) in [6.07, 6.45) is 6.49. The molecule has 26 heavy (non-hydrogen) atoms. The predicted molar refractivity (Wildman–Crippen MR) is 98.4 cm³/mol. The molecule has 2 aliphatic rings. The third kappa shape index (κ3) is 3.62. The normalized spacial score (nSPS) is 19.0. The van der Waals surface area contributed by atoms with Crippen LogP contribution in [0.15, 0.2) is 28.4 Å². The lowest BCUT2D eigenvalue weighted by Gasteiger charge is -2.21. The Morgan fingerprint density at radius 1 is 1.08 bits per heavy atom. The zero-order valence-corrected chi connectivity index (χ0v) is 15.1. The van der Waals surface area contributed by atoms with Crippen LogP contribution in [-0.4, -0.2) is 53.3 Å². The summed E-state index contributed by atoms with van der Waals surface area (Å²) in [4.78, 5) is 13.4. The Kier molecular flexibility index (Phi) is 4.97. The van der Waals surface area contributed by atoms with Crippen molar-refractivity contribution in [2.75, 3.05) is 38.1 Å². The molecule has 1 aliphatic carbocycles. The van der Waals surface area contributed by atoms with Crippen LogP contribution in [0.3, 0.4) is 0 Å². The number of pyridine rings is 1. The standard InChI is InChI=1S/C19H24FN5O/c1-24-9-4-10-25(12-11-24)16-8-7-15(13-21-16)18-22-19(26-23-18)17(20)14-5-2-3-6-14/h7-8,13H,2-6,9-12H2,1H3. The Bertz CT molecular complexity index is 777. The first-order chi connectivity index (χ1) is 12.7. The molecule has 1 aliphatic heterocycles. The van der Waals surface area contributed by atoms with Crippen molar-refractivity contribution < 1.29 is 8.91 Å². The first-order valence-corrected chi connectivity index (χ1v) is 9.32. The van der Waals surface area contributed by atoms with Gasteiger partial charge in [0.1, 0.15) is 5.82 Å². The van der Waals surface area contributed by atoms with E-state index >= 15 is 0 Å². The lowest BCUT2D eigenvalue weighted by atomic mass is 10.2. The largest absolute Gasteiger partial charge is 0.355 e. The second-order valence-electron chi connectivity index (χ2n) is 7.10. The highest BCUT2D eigenvalue weighted by molar-refractivity contribution is 5.60. The highest BCUT2D eigenvalue weighted by atomic mass is 19.1. The van der Waals surface area contributed by atoms with Crippen molar-refractivity contribution in [1.29, 1.82) is 0 Å². The van der Waals surface area contributed by atoms with E-state index in [0.29, 0.717) is 5.82 Å². The minimum atomic E-state index is -0.348. The molecular formula is C19H24FN5O. The number of rotatable bonds is 3. The molecule has 0 spiro atoms. The summed E-state index contributed by atoms with van der Waals surface area (Å²) in [5.41, 5.74) is 1.53. The van der Waals surface area contributed by atoms with E-state index < -0.39 is 0 Å². The predicted octanol–water partition coefficient (Wildman–Crippen LogP) is 3.53. The van der Waals surface area contributed by atoms with E-state index in [2.05, 4.69) is 32.0 Å². The van der Waals surface area contributed by atoms with E-state index in [1.165, 1.54) is 0 Å². The second-order valence-corrected chi connectivity index (χ2v) is 7.10. The molecule has 2 aromatic heterocycles. The van der Waals surface area contributed by atoms with Crippen LogP contribution in [0.1, 0.15) is 38.0 Å².